The molecule has 1 aromatic rings. The summed E-state index contributed by atoms with van der Waals surface area (Å²) in [7, 11) is 0. The van der Waals surface area contributed by atoms with Gasteiger partial charge >= 0.3 is 6.09 Å². The Morgan fingerprint density at radius 2 is 1.79 bits per heavy atom. The van der Waals surface area contributed by atoms with E-state index in [4.69, 9.17) is 4.74 Å². The molecule has 2 aliphatic rings. The van der Waals surface area contributed by atoms with E-state index in [0.29, 0.717) is 12.1 Å². The highest BCUT2D eigenvalue weighted by Crippen LogP contribution is 2.35. The molecule has 132 valence electrons. The third-order valence-electron chi connectivity index (χ3n) is 5.14. The fourth-order valence-corrected chi connectivity index (χ4v) is 3.71. The predicted molar refractivity (Wildman–Crippen MR) is 95.9 cm³/mol. The summed E-state index contributed by atoms with van der Waals surface area (Å²) in [5.41, 5.74) is 0.728. The smallest absolute Gasteiger partial charge is 0.410 e. The second-order valence-electron chi connectivity index (χ2n) is 8.19. The van der Waals surface area contributed by atoms with Gasteiger partial charge in [-0.25, -0.2) is 4.79 Å². The molecule has 1 aliphatic heterocycles. The molecule has 4 heteroatoms. The van der Waals surface area contributed by atoms with Crippen LogP contribution in [0, 0.1) is 0 Å². The molecule has 1 saturated heterocycles. The van der Waals surface area contributed by atoms with Crippen LogP contribution < -0.4 is 0 Å². The van der Waals surface area contributed by atoms with Crippen molar-refractivity contribution < 1.29 is 9.53 Å². The first-order valence-corrected chi connectivity index (χ1v) is 9.15. The molecule has 3 rings (SSSR count). The SMILES string of the molecule is C[C@@H]1CN(C(=O)OC(C)(C)C)[C@@H](c2ccccc2)CN1C1CCC1. The minimum Gasteiger partial charge on any atom is -0.444 e. The van der Waals surface area contributed by atoms with Crippen LogP contribution in [-0.2, 0) is 4.74 Å². The normalized spacial score (nSPS) is 26.1. The molecule has 0 aromatic heterocycles. The zero-order valence-electron chi connectivity index (χ0n) is 15.4. The maximum atomic E-state index is 12.8. The van der Waals surface area contributed by atoms with E-state index in [-0.39, 0.29) is 12.1 Å². The molecular formula is C20H30N2O2. The third-order valence-corrected chi connectivity index (χ3v) is 5.14. The summed E-state index contributed by atoms with van der Waals surface area (Å²) >= 11 is 0. The molecule has 4 nitrogen and oxygen atoms in total. The Balaban J connectivity index is 1.83. The van der Waals surface area contributed by atoms with Gasteiger partial charge in [0.1, 0.15) is 5.60 Å². The van der Waals surface area contributed by atoms with Crippen molar-refractivity contribution in [1.29, 1.82) is 0 Å². The van der Waals surface area contributed by atoms with Gasteiger partial charge in [-0.2, -0.15) is 0 Å². The lowest BCUT2D eigenvalue weighted by Crippen LogP contribution is -2.59. The highest BCUT2D eigenvalue weighted by atomic mass is 16.6. The number of carbonyl (C=O) groups is 1. The van der Waals surface area contributed by atoms with Crippen LogP contribution in [0.3, 0.4) is 0 Å². The number of nitrogens with zero attached hydrogens (tertiary/aromatic N) is 2. The quantitative estimate of drug-likeness (QED) is 0.814. The number of piperazine rings is 1. The van der Waals surface area contributed by atoms with Crippen LogP contribution in [0.4, 0.5) is 4.79 Å². The minimum absolute atomic E-state index is 0.0675. The fraction of sp³-hybridized carbons (Fsp3) is 0.650. The molecular weight excluding hydrogens is 300 g/mol. The first kappa shape index (κ1) is 17.3. The monoisotopic (exact) mass is 330 g/mol. The van der Waals surface area contributed by atoms with Crippen LogP contribution >= 0.6 is 0 Å². The van der Waals surface area contributed by atoms with Gasteiger partial charge in [-0.15, -0.1) is 0 Å². The maximum Gasteiger partial charge on any atom is 0.410 e. The lowest BCUT2D eigenvalue weighted by Gasteiger charge is -2.50. The van der Waals surface area contributed by atoms with Crippen molar-refractivity contribution in [3.05, 3.63) is 35.9 Å². The Morgan fingerprint density at radius 1 is 1.12 bits per heavy atom. The van der Waals surface area contributed by atoms with E-state index in [1.165, 1.54) is 24.8 Å². The maximum absolute atomic E-state index is 12.8. The van der Waals surface area contributed by atoms with E-state index in [0.717, 1.165) is 13.1 Å². The van der Waals surface area contributed by atoms with Gasteiger partial charge < -0.3 is 4.74 Å². The summed E-state index contributed by atoms with van der Waals surface area (Å²) in [6.07, 6.45) is 3.72. The van der Waals surface area contributed by atoms with Crippen LogP contribution in [-0.4, -0.2) is 46.7 Å². The molecule has 0 N–H and O–H groups in total. The Hall–Kier alpha value is -1.55. The van der Waals surface area contributed by atoms with E-state index in [1.54, 1.807) is 0 Å². The average Bonchev–Trinajstić information content (AvgIpc) is 2.46. The van der Waals surface area contributed by atoms with Crippen molar-refractivity contribution in [2.75, 3.05) is 13.1 Å². The van der Waals surface area contributed by atoms with Crippen molar-refractivity contribution in [3.8, 4) is 0 Å². The zero-order valence-corrected chi connectivity index (χ0v) is 15.4. The summed E-state index contributed by atoms with van der Waals surface area (Å²) in [5, 5.41) is 0. The van der Waals surface area contributed by atoms with Crippen molar-refractivity contribution >= 4 is 6.09 Å². The van der Waals surface area contributed by atoms with Gasteiger partial charge in [0.15, 0.2) is 0 Å². The van der Waals surface area contributed by atoms with Crippen LogP contribution in [0.25, 0.3) is 0 Å². The Kier molecular flexibility index (Phi) is 4.86. The molecule has 0 bridgehead atoms. The number of ether oxygens (including phenoxy) is 1. The van der Waals surface area contributed by atoms with Crippen LogP contribution in [0.1, 0.15) is 58.6 Å². The summed E-state index contributed by atoms with van der Waals surface area (Å²) in [4.78, 5) is 17.3. The van der Waals surface area contributed by atoms with Gasteiger partial charge in [0.2, 0.25) is 0 Å². The second kappa shape index (κ2) is 6.75. The van der Waals surface area contributed by atoms with Crippen LogP contribution in [0.15, 0.2) is 30.3 Å². The van der Waals surface area contributed by atoms with Gasteiger partial charge in [-0.05, 0) is 46.1 Å². The van der Waals surface area contributed by atoms with Crippen molar-refractivity contribution in [1.82, 2.24) is 9.80 Å². The molecule has 1 aromatic carbocycles. The zero-order chi connectivity index (χ0) is 17.3. The highest BCUT2D eigenvalue weighted by molar-refractivity contribution is 5.69. The van der Waals surface area contributed by atoms with Crippen LogP contribution in [0.2, 0.25) is 0 Å². The predicted octanol–water partition coefficient (Wildman–Crippen LogP) is 4.22. The number of hydrogen-bond acceptors (Lipinski definition) is 3. The van der Waals surface area contributed by atoms with Crippen LogP contribution in [0.5, 0.6) is 0 Å². The first-order chi connectivity index (χ1) is 11.3. The van der Waals surface area contributed by atoms with Gasteiger partial charge in [-0.3, -0.25) is 9.80 Å². The molecule has 0 radical (unpaired) electrons. The average molecular weight is 330 g/mol. The Morgan fingerprint density at radius 3 is 2.33 bits per heavy atom. The largest absolute Gasteiger partial charge is 0.444 e. The third kappa shape index (κ3) is 3.75. The molecule has 1 aliphatic carbocycles. The van der Waals surface area contributed by atoms with Crippen molar-refractivity contribution in [2.24, 2.45) is 0 Å². The summed E-state index contributed by atoms with van der Waals surface area (Å²) in [6, 6.07) is 11.5. The van der Waals surface area contributed by atoms with E-state index >= 15 is 0 Å². The van der Waals surface area contributed by atoms with Crippen molar-refractivity contribution in [3.63, 3.8) is 0 Å². The first-order valence-electron chi connectivity index (χ1n) is 9.15. The number of carbonyl (C=O) groups excluding carboxylic acids is 1. The van der Waals surface area contributed by atoms with Crippen molar-refractivity contribution in [2.45, 2.75) is 70.7 Å². The number of amides is 1. The highest BCUT2D eigenvalue weighted by Gasteiger charge is 2.40. The molecule has 1 saturated carbocycles. The molecule has 24 heavy (non-hydrogen) atoms. The summed E-state index contributed by atoms with van der Waals surface area (Å²) in [5.74, 6) is 0. The topological polar surface area (TPSA) is 32.8 Å². The van der Waals surface area contributed by atoms with Gasteiger partial charge in [-0.1, -0.05) is 36.8 Å². The van der Waals surface area contributed by atoms with Gasteiger partial charge in [0.25, 0.3) is 0 Å². The number of hydrogen-bond donors (Lipinski definition) is 0. The second-order valence-corrected chi connectivity index (χ2v) is 8.19. The minimum atomic E-state index is -0.466. The van der Waals surface area contributed by atoms with E-state index in [2.05, 4.69) is 24.0 Å². The standard InChI is InChI=1S/C20H30N2O2/c1-15-13-22(19(23)24-20(2,3)4)18(16-9-6-5-7-10-16)14-21(15)17-11-8-12-17/h5-7,9-10,15,17-18H,8,11-14H2,1-4H3/t15-,18-/m1/s1. The van der Waals surface area contributed by atoms with Gasteiger partial charge in [0, 0.05) is 25.2 Å². The molecule has 0 unspecified atom stereocenters. The lowest BCUT2D eigenvalue weighted by atomic mass is 9.88. The van der Waals surface area contributed by atoms with E-state index in [1.807, 2.05) is 43.9 Å². The fourth-order valence-electron chi connectivity index (χ4n) is 3.71. The number of benzene rings is 1. The molecule has 1 heterocycles. The summed E-state index contributed by atoms with van der Waals surface area (Å²) < 4.78 is 5.68. The lowest BCUT2D eigenvalue weighted by molar-refractivity contribution is -0.0345. The Bertz CT molecular complexity index is 563. The van der Waals surface area contributed by atoms with E-state index in [9.17, 15) is 4.79 Å². The molecule has 0 spiro atoms. The number of rotatable bonds is 2. The van der Waals surface area contributed by atoms with Gasteiger partial charge in [0.05, 0.1) is 6.04 Å². The molecule has 1 amide bonds. The summed E-state index contributed by atoms with van der Waals surface area (Å²) in [6.45, 7) is 9.64. The van der Waals surface area contributed by atoms with E-state index < -0.39 is 5.60 Å². The molecule has 2 atom stereocenters. The molecule has 2 fully saturated rings. The Labute approximate surface area is 145 Å².